The van der Waals surface area contributed by atoms with Gasteiger partial charge < -0.3 is 0 Å². The standard InChI is InChI=1S/C17H18N2O2S/c1-12-10-13(2)17(14(3)11-12)22(20,21)19-16-6-4-15(5-7-16)8-9-18/h4-7,10-11,19H,8H2,1-3H3. The Morgan fingerprint density at radius 3 is 2.09 bits per heavy atom. The fraction of sp³-hybridized carbons (Fsp3) is 0.235. The summed E-state index contributed by atoms with van der Waals surface area (Å²) >= 11 is 0. The number of rotatable bonds is 4. The number of sulfonamides is 1. The van der Waals surface area contributed by atoms with Gasteiger partial charge in [-0.15, -0.1) is 0 Å². The van der Waals surface area contributed by atoms with E-state index in [1.54, 1.807) is 38.1 Å². The average molecular weight is 314 g/mol. The summed E-state index contributed by atoms with van der Waals surface area (Å²) in [4.78, 5) is 0.319. The first-order valence-corrected chi connectivity index (χ1v) is 8.38. The highest BCUT2D eigenvalue weighted by Gasteiger charge is 2.19. The lowest BCUT2D eigenvalue weighted by Crippen LogP contribution is -2.16. The SMILES string of the molecule is Cc1cc(C)c(S(=O)(=O)Nc2ccc(CC#N)cc2)c(C)c1. The van der Waals surface area contributed by atoms with E-state index in [1.165, 1.54) is 0 Å². The first kappa shape index (κ1) is 16.1. The van der Waals surface area contributed by atoms with Crippen molar-refractivity contribution in [2.24, 2.45) is 0 Å². The number of hydrogen-bond donors (Lipinski definition) is 1. The van der Waals surface area contributed by atoms with Crippen LogP contribution in [0.5, 0.6) is 0 Å². The molecule has 0 fully saturated rings. The van der Waals surface area contributed by atoms with E-state index < -0.39 is 10.0 Å². The molecule has 0 saturated heterocycles. The molecule has 0 aliphatic carbocycles. The maximum absolute atomic E-state index is 12.6. The second-order valence-electron chi connectivity index (χ2n) is 5.37. The third-order valence-corrected chi connectivity index (χ3v) is 5.05. The summed E-state index contributed by atoms with van der Waals surface area (Å²) in [5.74, 6) is 0. The van der Waals surface area contributed by atoms with Gasteiger partial charge in [-0.3, -0.25) is 4.72 Å². The Bertz CT molecular complexity index is 809. The van der Waals surface area contributed by atoms with Crippen LogP contribution in [-0.2, 0) is 16.4 Å². The molecule has 0 aromatic heterocycles. The molecule has 2 aromatic carbocycles. The van der Waals surface area contributed by atoms with Gasteiger partial charge in [0, 0.05) is 5.69 Å². The zero-order chi connectivity index (χ0) is 16.3. The molecule has 0 heterocycles. The minimum Gasteiger partial charge on any atom is -0.280 e. The Balaban J connectivity index is 2.34. The molecule has 2 rings (SSSR count). The topological polar surface area (TPSA) is 70.0 Å². The van der Waals surface area contributed by atoms with Crippen molar-refractivity contribution >= 4 is 15.7 Å². The highest BCUT2D eigenvalue weighted by Crippen LogP contribution is 2.24. The zero-order valence-electron chi connectivity index (χ0n) is 12.8. The molecule has 0 unspecified atom stereocenters. The van der Waals surface area contributed by atoms with Crippen molar-refractivity contribution in [1.82, 2.24) is 0 Å². The van der Waals surface area contributed by atoms with Crippen LogP contribution >= 0.6 is 0 Å². The smallest absolute Gasteiger partial charge is 0.262 e. The quantitative estimate of drug-likeness (QED) is 0.939. The molecule has 0 aliphatic rings. The molecule has 22 heavy (non-hydrogen) atoms. The molecule has 0 aliphatic heterocycles. The third kappa shape index (κ3) is 3.46. The van der Waals surface area contributed by atoms with E-state index in [2.05, 4.69) is 10.8 Å². The van der Waals surface area contributed by atoms with E-state index in [0.717, 1.165) is 22.3 Å². The highest BCUT2D eigenvalue weighted by atomic mass is 32.2. The largest absolute Gasteiger partial charge is 0.280 e. The van der Waals surface area contributed by atoms with Gasteiger partial charge in [-0.1, -0.05) is 29.8 Å². The van der Waals surface area contributed by atoms with Crippen LogP contribution in [0.15, 0.2) is 41.3 Å². The van der Waals surface area contributed by atoms with Crippen LogP contribution in [0.3, 0.4) is 0 Å². The summed E-state index contributed by atoms with van der Waals surface area (Å²) < 4.78 is 27.8. The van der Waals surface area contributed by atoms with E-state index in [-0.39, 0.29) is 0 Å². The van der Waals surface area contributed by atoms with Gasteiger partial charge in [0.15, 0.2) is 0 Å². The van der Waals surface area contributed by atoms with Crippen LogP contribution in [0.25, 0.3) is 0 Å². The molecule has 2 aromatic rings. The van der Waals surface area contributed by atoms with E-state index >= 15 is 0 Å². The van der Waals surface area contributed by atoms with Crippen molar-refractivity contribution in [2.75, 3.05) is 4.72 Å². The van der Waals surface area contributed by atoms with Crippen LogP contribution < -0.4 is 4.72 Å². The Hall–Kier alpha value is -2.32. The normalized spacial score (nSPS) is 11.0. The van der Waals surface area contributed by atoms with Crippen molar-refractivity contribution in [3.8, 4) is 6.07 Å². The number of hydrogen-bond acceptors (Lipinski definition) is 3. The lowest BCUT2D eigenvalue weighted by atomic mass is 10.1. The summed E-state index contributed by atoms with van der Waals surface area (Å²) in [6.07, 6.45) is 0.309. The van der Waals surface area contributed by atoms with Crippen LogP contribution in [0.4, 0.5) is 5.69 Å². The average Bonchev–Trinajstić information content (AvgIpc) is 2.39. The summed E-state index contributed by atoms with van der Waals surface area (Å²) in [5, 5.41) is 8.65. The van der Waals surface area contributed by atoms with E-state index in [1.807, 2.05) is 19.1 Å². The highest BCUT2D eigenvalue weighted by molar-refractivity contribution is 7.92. The molecule has 0 atom stereocenters. The lowest BCUT2D eigenvalue weighted by Gasteiger charge is -2.14. The Kier molecular flexibility index (Phi) is 4.53. The van der Waals surface area contributed by atoms with Crippen LogP contribution in [0, 0.1) is 32.1 Å². The van der Waals surface area contributed by atoms with Gasteiger partial charge in [0.25, 0.3) is 10.0 Å². The predicted octanol–water partition coefficient (Wildman–Crippen LogP) is 3.48. The molecular weight excluding hydrogens is 296 g/mol. The molecule has 114 valence electrons. The van der Waals surface area contributed by atoms with Crippen LogP contribution in [0.1, 0.15) is 22.3 Å². The molecule has 5 heteroatoms. The van der Waals surface area contributed by atoms with Crippen molar-refractivity contribution in [3.05, 3.63) is 58.7 Å². The number of anilines is 1. The van der Waals surface area contributed by atoms with Crippen molar-refractivity contribution in [3.63, 3.8) is 0 Å². The van der Waals surface area contributed by atoms with E-state index in [4.69, 9.17) is 5.26 Å². The fourth-order valence-electron chi connectivity index (χ4n) is 2.58. The second kappa shape index (κ2) is 6.20. The minimum atomic E-state index is -3.63. The molecule has 1 N–H and O–H groups in total. The Morgan fingerprint density at radius 1 is 1.05 bits per heavy atom. The summed E-state index contributed by atoms with van der Waals surface area (Å²) in [7, 11) is -3.63. The molecule has 0 saturated carbocycles. The first-order valence-electron chi connectivity index (χ1n) is 6.90. The third-order valence-electron chi connectivity index (χ3n) is 3.36. The fourth-order valence-corrected chi connectivity index (χ4v) is 4.09. The van der Waals surface area contributed by atoms with Gasteiger partial charge in [0.1, 0.15) is 0 Å². The monoisotopic (exact) mass is 314 g/mol. The second-order valence-corrected chi connectivity index (χ2v) is 6.98. The maximum Gasteiger partial charge on any atom is 0.262 e. The lowest BCUT2D eigenvalue weighted by molar-refractivity contribution is 0.600. The van der Waals surface area contributed by atoms with E-state index in [0.29, 0.717) is 17.0 Å². The van der Waals surface area contributed by atoms with Gasteiger partial charge in [0.05, 0.1) is 17.4 Å². The Morgan fingerprint density at radius 2 is 1.59 bits per heavy atom. The zero-order valence-corrected chi connectivity index (χ0v) is 13.7. The summed E-state index contributed by atoms with van der Waals surface area (Å²) in [6.45, 7) is 5.53. The first-order chi connectivity index (χ1) is 10.3. The number of aryl methyl sites for hydroxylation is 3. The van der Waals surface area contributed by atoms with Gasteiger partial charge in [0.2, 0.25) is 0 Å². The molecule has 0 radical (unpaired) electrons. The molecule has 0 bridgehead atoms. The van der Waals surface area contributed by atoms with Gasteiger partial charge in [-0.05, 0) is 49.6 Å². The molecule has 4 nitrogen and oxygen atoms in total. The number of nitrogens with one attached hydrogen (secondary N) is 1. The summed E-state index contributed by atoms with van der Waals surface area (Å²) in [6, 6.07) is 12.6. The van der Waals surface area contributed by atoms with Crippen LogP contribution in [0.2, 0.25) is 0 Å². The van der Waals surface area contributed by atoms with Crippen molar-refractivity contribution in [1.29, 1.82) is 5.26 Å². The predicted molar refractivity (Wildman–Crippen MR) is 87.2 cm³/mol. The minimum absolute atomic E-state index is 0.309. The summed E-state index contributed by atoms with van der Waals surface area (Å²) in [5.41, 5.74) is 3.83. The van der Waals surface area contributed by atoms with Crippen LogP contribution in [-0.4, -0.2) is 8.42 Å². The van der Waals surface area contributed by atoms with Gasteiger partial charge in [-0.25, -0.2) is 8.42 Å². The molecule has 0 amide bonds. The van der Waals surface area contributed by atoms with E-state index in [9.17, 15) is 8.42 Å². The van der Waals surface area contributed by atoms with Crippen molar-refractivity contribution in [2.45, 2.75) is 32.1 Å². The number of nitrogens with zero attached hydrogens (tertiary/aromatic N) is 1. The van der Waals surface area contributed by atoms with Gasteiger partial charge >= 0.3 is 0 Å². The van der Waals surface area contributed by atoms with Crippen molar-refractivity contribution < 1.29 is 8.42 Å². The van der Waals surface area contributed by atoms with Gasteiger partial charge in [-0.2, -0.15) is 5.26 Å². The molecule has 0 spiro atoms. The number of nitriles is 1. The number of benzene rings is 2. The molecular formula is C17H18N2O2S. The Labute approximate surface area is 131 Å². The maximum atomic E-state index is 12.6.